The van der Waals surface area contributed by atoms with Crippen LogP contribution in [-0.2, 0) is 21.0 Å². The minimum atomic E-state index is -5.59. The largest absolute Gasteiger partial charge is 0.534 e. The Hall–Kier alpha value is -0.890. The van der Waals surface area contributed by atoms with Gasteiger partial charge in [-0.2, -0.15) is 21.6 Å². The van der Waals surface area contributed by atoms with Gasteiger partial charge in [0, 0.05) is 10.9 Å². The smallest absolute Gasteiger partial charge is 0.376 e. The standard InChI is InChI=1S/C11H14F3O3S2/c1-3-18(4-2)10-7-5-9(6-8-10)17-19(15,16)11(12,13)14/h5-8H,3-4H2,1-2H3/q+1. The van der Waals surface area contributed by atoms with E-state index >= 15 is 0 Å². The summed E-state index contributed by atoms with van der Waals surface area (Å²) in [5.41, 5.74) is -5.41. The lowest BCUT2D eigenvalue weighted by Gasteiger charge is -2.09. The van der Waals surface area contributed by atoms with E-state index in [0.29, 0.717) is 0 Å². The third-order valence-corrected chi connectivity index (χ3v) is 5.65. The minimum Gasteiger partial charge on any atom is -0.376 e. The zero-order valence-electron chi connectivity index (χ0n) is 10.4. The predicted octanol–water partition coefficient (Wildman–Crippen LogP) is 2.93. The van der Waals surface area contributed by atoms with E-state index < -0.39 is 15.6 Å². The Morgan fingerprint density at radius 1 is 1.11 bits per heavy atom. The van der Waals surface area contributed by atoms with Gasteiger partial charge in [0.15, 0.2) is 4.90 Å². The molecule has 1 aromatic rings. The lowest BCUT2D eigenvalue weighted by Crippen LogP contribution is -2.28. The minimum absolute atomic E-state index is 0.0225. The maximum absolute atomic E-state index is 12.1. The highest BCUT2D eigenvalue weighted by molar-refractivity contribution is 7.96. The molecular weight excluding hydrogens is 301 g/mol. The van der Waals surface area contributed by atoms with Gasteiger partial charge in [-0.15, -0.1) is 0 Å². The molecule has 0 spiro atoms. The lowest BCUT2D eigenvalue weighted by molar-refractivity contribution is -0.0500. The molecule has 0 aromatic heterocycles. The first-order chi connectivity index (χ1) is 8.71. The van der Waals surface area contributed by atoms with E-state index in [1.807, 2.05) is 13.8 Å². The number of benzene rings is 1. The van der Waals surface area contributed by atoms with Crippen LogP contribution in [0, 0.1) is 0 Å². The lowest BCUT2D eigenvalue weighted by atomic mass is 10.3. The summed E-state index contributed by atoms with van der Waals surface area (Å²) in [6.45, 7) is 4.04. The van der Waals surface area contributed by atoms with Crippen molar-refractivity contribution in [2.45, 2.75) is 24.3 Å². The molecule has 0 bridgehead atoms. The highest BCUT2D eigenvalue weighted by atomic mass is 32.2. The molecule has 0 unspecified atom stereocenters. The second-order valence-electron chi connectivity index (χ2n) is 3.52. The normalized spacial score (nSPS) is 12.7. The van der Waals surface area contributed by atoms with Gasteiger partial charge in [0.05, 0.1) is 0 Å². The van der Waals surface area contributed by atoms with Crippen LogP contribution in [0.2, 0.25) is 0 Å². The molecule has 0 fully saturated rings. The molecule has 3 nitrogen and oxygen atoms in total. The SMILES string of the molecule is CC[S+](CC)c1ccc(OS(=O)(=O)C(F)(F)F)cc1. The molecule has 0 saturated heterocycles. The topological polar surface area (TPSA) is 43.4 Å². The number of rotatable bonds is 5. The first-order valence-electron chi connectivity index (χ1n) is 5.49. The van der Waals surface area contributed by atoms with Crippen molar-refractivity contribution < 1.29 is 25.8 Å². The Balaban J connectivity index is 2.90. The summed E-state index contributed by atoms with van der Waals surface area (Å²) < 4.78 is 62.0. The molecule has 108 valence electrons. The molecule has 1 aromatic carbocycles. The average molecular weight is 315 g/mol. The first-order valence-corrected chi connectivity index (χ1v) is 8.46. The van der Waals surface area contributed by atoms with E-state index in [-0.39, 0.29) is 16.6 Å². The second-order valence-corrected chi connectivity index (χ2v) is 7.67. The first kappa shape index (κ1) is 16.2. The quantitative estimate of drug-likeness (QED) is 0.477. The number of hydrogen-bond acceptors (Lipinski definition) is 3. The van der Waals surface area contributed by atoms with Crippen molar-refractivity contribution in [2.75, 3.05) is 11.5 Å². The predicted molar refractivity (Wildman–Crippen MR) is 68.8 cm³/mol. The molecule has 0 atom stereocenters. The second kappa shape index (κ2) is 6.04. The van der Waals surface area contributed by atoms with Crippen LogP contribution in [0.1, 0.15) is 13.8 Å². The fourth-order valence-electron chi connectivity index (χ4n) is 1.40. The van der Waals surface area contributed by atoms with Crippen molar-refractivity contribution >= 4 is 21.0 Å². The Morgan fingerprint density at radius 3 is 1.95 bits per heavy atom. The van der Waals surface area contributed by atoms with Crippen LogP contribution < -0.4 is 4.18 Å². The summed E-state index contributed by atoms with van der Waals surface area (Å²) in [4.78, 5) is 0.974. The van der Waals surface area contributed by atoms with Crippen molar-refractivity contribution in [3.63, 3.8) is 0 Å². The van der Waals surface area contributed by atoms with Crippen LogP contribution in [0.5, 0.6) is 5.75 Å². The third kappa shape index (κ3) is 4.04. The van der Waals surface area contributed by atoms with Crippen molar-refractivity contribution in [2.24, 2.45) is 0 Å². The van der Waals surface area contributed by atoms with Crippen LogP contribution in [0.25, 0.3) is 0 Å². The van der Waals surface area contributed by atoms with Gasteiger partial charge < -0.3 is 4.18 Å². The molecule has 0 N–H and O–H groups in total. The average Bonchev–Trinajstić information content (AvgIpc) is 2.31. The van der Waals surface area contributed by atoms with Crippen molar-refractivity contribution in [1.29, 1.82) is 0 Å². The number of hydrogen-bond donors (Lipinski definition) is 0. The summed E-state index contributed by atoms with van der Waals surface area (Å²) in [5.74, 6) is 1.52. The molecule has 0 aliphatic carbocycles. The van der Waals surface area contributed by atoms with E-state index in [4.69, 9.17) is 0 Å². The van der Waals surface area contributed by atoms with Crippen LogP contribution >= 0.6 is 0 Å². The molecule has 0 aliphatic rings. The Kier molecular flexibility index (Phi) is 5.14. The molecule has 0 amide bonds. The van der Waals surface area contributed by atoms with E-state index in [0.717, 1.165) is 16.4 Å². The Labute approximate surface area is 113 Å². The van der Waals surface area contributed by atoms with Crippen molar-refractivity contribution in [3.05, 3.63) is 24.3 Å². The van der Waals surface area contributed by atoms with Crippen molar-refractivity contribution in [3.8, 4) is 5.75 Å². The van der Waals surface area contributed by atoms with Gasteiger partial charge in [-0.1, -0.05) is 0 Å². The zero-order chi connectivity index (χ0) is 14.7. The van der Waals surface area contributed by atoms with E-state index in [9.17, 15) is 21.6 Å². The maximum atomic E-state index is 12.1. The third-order valence-electron chi connectivity index (χ3n) is 2.34. The fraction of sp³-hybridized carbons (Fsp3) is 0.455. The maximum Gasteiger partial charge on any atom is 0.534 e. The summed E-state index contributed by atoms with van der Waals surface area (Å²) in [6, 6.07) is 5.67. The highest BCUT2D eigenvalue weighted by Crippen LogP contribution is 2.27. The summed E-state index contributed by atoms with van der Waals surface area (Å²) in [6.07, 6.45) is 0. The number of alkyl halides is 3. The molecule has 19 heavy (non-hydrogen) atoms. The van der Waals surface area contributed by atoms with Gasteiger partial charge in [0.2, 0.25) is 0 Å². The summed E-state index contributed by atoms with van der Waals surface area (Å²) in [5, 5.41) is 0. The van der Waals surface area contributed by atoms with Gasteiger partial charge >= 0.3 is 15.6 Å². The molecule has 0 saturated carbocycles. The summed E-state index contributed by atoms with van der Waals surface area (Å²) >= 11 is 0. The molecule has 8 heteroatoms. The molecule has 0 radical (unpaired) electrons. The Morgan fingerprint density at radius 2 is 1.58 bits per heavy atom. The monoisotopic (exact) mass is 315 g/mol. The fourth-order valence-corrected chi connectivity index (χ4v) is 3.45. The highest BCUT2D eigenvalue weighted by Gasteiger charge is 2.48. The summed E-state index contributed by atoms with van der Waals surface area (Å²) in [7, 11) is -5.57. The van der Waals surface area contributed by atoms with Gasteiger partial charge in [0.25, 0.3) is 0 Å². The molecular formula is C11H14F3O3S2+. The van der Waals surface area contributed by atoms with E-state index in [1.165, 1.54) is 12.1 Å². The van der Waals surface area contributed by atoms with Crippen LogP contribution in [0.15, 0.2) is 29.2 Å². The van der Waals surface area contributed by atoms with Gasteiger partial charge in [-0.3, -0.25) is 0 Å². The Bertz CT molecular complexity index is 505. The van der Waals surface area contributed by atoms with Crippen molar-refractivity contribution in [1.82, 2.24) is 0 Å². The van der Waals surface area contributed by atoms with Gasteiger partial charge in [-0.05, 0) is 38.1 Å². The van der Waals surface area contributed by atoms with E-state index in [1.54, 1.807) is 12.1 Å². The molecule has 0 heterocycles. The molecule has 1 rings (SSSR count). The van der Waals surface area contributed by atoms with Crippen LogP contribution in [0.3, 0.4) is 0 Å². The zero-order valence-corrected chi connectivity index (χ0v) is 12.0. The van der Waals surface area contributed by atoms with Gasteiger partial charge in [-0.25, -0.2) is 0 Å². The van der Waals surface area contributed by atoms with Crippen LogP contribution in [-0.4, -0.2) is 25.4 Å². The molecule has 0 aliphatic heterocycles. The number of halogens is 3. The van der Waals surface area contributed by atoms with Gasteiger partial charge in [0.1, 0.15) is 17.3 Å². The van der Waals surface area contributed by atoms with E-state index in [2.05, 4.69) is 4.18 Å². The van der Waals surface area contributed by atoms with Crippen LogP contribution in [0.4, 0.5) is 13.2 Å².